The molecule has 0 aromatic heterocycles. The molecule has 3 atom stereocenters. The lowest BCUT2D eigenvalue weighted by atomic mass is 9.79. The van der Waals surface area contributed by atoms with E-state index in [0.717, 1.165) is 51.7 Å². The molecule has 236 valence electrons. The molecule has 2 saturated heterocycles. The predicted octanol–water partition coefficient (Wildman–Crippen LogP) is 5.71. The highest BCUT2D eigenvalue weighted by atomic mass is 35.5. The van der Waals surface area contributed by atoms with Crippen molar-refractivity contribution in [1.82, 2.24) is 20.2 Å². The standard InChI is InChI=1S/C32H50N4O4S.ClH/c1-5-28(38)33-36(25-16-18-34(19-17-25)21-24-14-10-7-11-15-24)30(41)29-26(20-23-12-8-6-9-13-23)27(37)22-35(29)31(39)40-32(2,3)4;/h7,10-11,14-15,23,25-27,29,37H,5-6,8-9,12-13,16-22H2,1-4H3,(H,33,38);1H/t26?,27-,29-;/m0./s1. The van der Waals surface area contributed by atoms with Crippen molar-refractivity contribution >= 4 is 41.6 Å². The molecule has 0 bridgehead atoms. The number of benzene rings is 1. The number of hydrazine groups is 1. The van der Waals surface area contributed by atoms with Crippen molar-refractivity contribution in [2.75, 3.05) is 19.6 Å². The van der Waals surface area contributed by atoms with Crippen LogP contribution in [0, 0.1) is 11.8 Å². The minimum absolute atomic E-state index is 0. The minimum atomic E-state index is -0.691. The molecule has 1 aromatic carbocycles. The number of aliphatic hydroxyl groups is 1. The maximum absolute atomic E-state index is 13.5. The van der Waals surface area contributed by atoms with E-state index in [-0.39, 0.29) is 36.8 Å². The predicted molar refractivity (Wildman–Crippen MR) is 172 cm³/mol. The fourth-order valence-corrected chi connectivity index (χ4v) is 7.17. The second-order valence-corrected chi connectivity index (χ2v) is 13.6. The van der Waals surface area contributed by atoms with Crippen molar-refractivity contribution in [2.24, 2.45) is 11.8 Å². The maximum Gasteiger partial charge on any atom is 0.410 e. The van der Waals surface area contributed by atoms with Crippen molar-refractivity contribution in [1.29, 1.82) is 0 Å². The second kappa shape index (κ2) is 15.7. The van der Waals surface area contributed by atoms with Crippen LogP contribution in [-0.2, 0) is 16.1 Å². The van der Waals surface area contributed by atoms with Gasteiger partial charge >= 0.3 is 6.09 Å². The molecule has 8 nitrogen and oxygen atoms in total. The van der Waals surface area contributed by atoms with Crippen LogP contribution in [0.2, 0.25) is 0 Å². The second-order valence-electron chi connectivity index (χ2n) is 13.1. The van der Waals surface area contributed by atoms with Crippen LogP contribution in [0.4, 0.5) is 4.79 Å². The SMILES string of the molecule is CCC(=O)NN(C(=S)[C@@H]1C(CC2CCCCC2)[C@@H](O)CN1C(=O)OC(C)(C)C)C1CCN(Cc2ccccc2)CC1.Cl. The van der Waals surface area contributed by atoms with Gasteiger partial charge in [0.25, 0.3) is 0 Å². The third-order valence-electron chi connectivity index (χ3n) is 8.81. The number of carbonyl (C=O) groups excluding carboxylic acids is 2. The number of thiocarbonyl (C=S) groups is 1. The van der Waals surface area contributed by atoms with Gasteiger partial charge in [0.1, 0.15) is 10.6 Å². The molecule has 3 fully saturated rings. The lowest BCUT2D eigenvalue weighted by molar-refractivity contribution is -0.125. The molecule has 4 rings (SSSR count). The van der Waals surface area contributed by atoms with Gasteiger partial charge in [0.05, 0.1) is 24.7 Å². The first-order valence-corrected chi connectivity index (χ1v) is 16.0. The number of carbonyl (C=O) groups is 2. The average molecular weight is 623 g/mol. The number of amides is 2. The number of piperidine rings is 1. The number of ether oxygens (including phenoxy) is 1. The van der Waals surface area contributed by atoms with Crippen molar-refractivity contribution in [3.05, 3.63) is 35.9 Å². The highest BCUT2D eigenvalue weighted by Gasteiger charge is 2.49. The first-order valence-electron chi connectivity index (χ1n) is 15.6. The van der Waals surface area contributed by atoms with Gasteiger partial charge in [0.15, 0.2) is 0 Å². The summed E-state index contributed by atoms with van der Waals surface area (Å²) in [5.74, 6) is 0.203. The zero-order chi connectivity index (χ0) is 29.6. The average Bonchev–Trinajstić information content (AvgIpc) is 3.27. The largest absolute Gasteiger partial charge is 0.444 e. The van der Waals surface area contributed by atoms with E-state index < -0.39 is 23.8 Å². The summed E-state index contributed by atoms with van der Waals surface area (Å²) < 4.78 is 5.79. The van der Waals surface area contributed by atoms with Crippen molar-refractivity contribution in [3.63, 3.8) is 0 Å². The number of hydrogen-bond acceptors (Lipinski definition) is 6. The Bertz CT molecular complexity index is 1030. The summed E-state index contributed by atoms with van der Waals surface area (Å²) in [7, 11) is 0. The molecule has 1 saturated carbocycles. The summed E-state index contributed by atoms with van der Waals surface area (Å²) in [6, 6.07) is 9.97. The number of hydrogen-bond donors (Lipinski definition) is 2. The molecule has 10 heteroatoms. The van der Waals surface area contributed by atoms with Crippen LogP contribution in [0.25, 0.3) is 0 Å². The van der Waals surface area contributed by atoms with E-state index in [2.05, 4.69) is 34.6 Å². The molecule has 1 unspecified atom stereocenters. The minimum Gasteiger partial charge on any atom is -0.444 e. The van der Waals surface area contributed by atoms with Crippen LogP contribution in [0.5, 0.6) is 0 Å². The summed E-state index contributed by atoms with van der Waals surface area (Å²) in [6.07, 6.45) is 7.64. The Morgan fingerprint density at radius 2 is 1.71 bits per heavy atom. The zero-order valence-electron chi connectivity index (χ0n) is 25.8. The first kappa shape index (κ1) is 34.5. The quantitative estimate of drug-likeness (QED) is 0.298. The van der Waals surface area contributed by atoms with Crippen LogP contribution in [0.1, 0.15) is 91.0 Å². The van der Waals surface area contributed by atoms with Crippen LogP contribution in [0.3, 0.4) is 0 Å². The topological polar surface area (TPSA) is 85.4 Å². The van der Waals surface area contributed by atoms with E-state index in [9.17, 15) is 14.7 Å². The van der Waals surface area contributed by atoms with E-state index in [1.165, 1.54) is 24.8 Å². The number of nitrogens with zero attached hydrogens (tertiary/aromatic N) is 3. The van der Waals surface area contributed by atoms with E-state index in [1.807, 2.05) is 38.8 Å². The Balaban J connectivity index is 0.00000484. The molecule has 3 aliphatic rings. The molecular formula is C32H51ClN4O4S. The van der Waals surface area contributed by atoms with E-state index in [1.54, 1.807) is 4.90 Å². The van der Waals surface area contributed by atoms with E-state index in [4.69, 9.17) is 17.0 Å². The highest BCUT2D eigenvalue weighted by molar-refractivity contribution is 7.80. The fraction of sp³-hybridized carbons (Fsp3) is 0.719. The van der Waals surface area contributed by atoms with Gasteiger partial charge in [-0.3, -0.25) is 25.0 Å². The molecular weight excluding hydrogens is 572 g/mol. The highest BCUT2D eigenvalue weighted by Crippen LogP contribution is 2.38. The van der Waals surface area contributed by atoms with Crippen LogP contribution in [0.15, 0.2) is 30.3 Å². The Labute approximate surface area is 263 Å². The van der Waals surface area contributed by atoms with Gasteiger partial charge in [-0.15, -0.1) is 12.4 Å². The molecule has 2 amide bonds. The Kier molecular flexibility index (Phi) is 12.9. The number of aliphatic hydroxyl groups excluding tert-OH is 1. The number of likely N-dealkylation sites (tertiary alicyclic amines) is 2. The summed E-state index contributed by atoms with van der Waals surface area (Å²) >= 11 is 6.19. The molecule has 0 radical (unpaired) electrons. The third kappa shape index (κ3) is 9.28. The van der Waals surface area contributed by atoms with Gasteiger partial charge in [-0.1, -0.05) is 81.6 Å². The van der Waals surface area contributed by atoms with Crippen LogP contribution >= 0.6 is 24.6 Å². The molecule has 1 aliphatic carbocycles. The van der Waals surface area contributed by atoms with Gasteiger partial charge in [0.2, 0.25) is 5.91 Å². The van der Waals surface area contributed by atoms with Gasteiger partial charge in [-0.25, -0.2) is 4.79 Å². The summed E-state index contributed by atoms with van der Waals surface area (Å²) in [5, 5.41) is 13.2. The molecule has 2 heterocycles. The molecule has 1 aromatic rings. The van der Waals surface area contributed by atoms with E-state index in [0.29, 0.717) is 17.3 Å². The lowest BCUT2D eigenvalue weighted by Crippen LogP contribution is -2.60. The smallest absolute Gasteiger partial charge is 0.410 e. The maximum atomic E-state index is 13.5. The third-order valence-corrected chi connectivity index (χ3v) is 9.24. The first-order chi connectivity index (χ1) is 19.6. The molecule has 0 spiro atoms. The van der Waals surface area contributed by atoms with E-state index >= 15 is 0 Å². The van der Waals surface area contributed by atoms with Gasteiger partial charge in [-0.2, -0.15) is 0 Å². The summed E-state index contributed by atoms with van der Waals surface area (Å²) in [6.45, 7) is 10.2. The number of rotatable bonds is 7. The lowest BCUT2D eigenvalue weighted by Gasteiger charge is -2.43. The zero-order valence-corrected chi connectivity index (χ0v) is 27.4. The number of halogens is 1. The van der Waals surface area contributed by atoms with Crippen molar-refractivity contribution in [2.45, 2.75) is 116 Å². The Morgan fingerprint density at radius 3 is 2.31 bits per heavy atom. The Morgan fingerprint density at radius 1 is 1.07 bits per heavy atom. The normalized spacial score (nSPS) is 24.1. The van der Waals surface area contributed by atoms with Gasteiger partial charge in [-0.05, 0) is 51.5 Å². The summed E-state index contributed by atoms with van der Waals surface area (Å²) in [4.78, 5) is 30.8. The van der Waals surface area contributed by atoms with Gasteiger partial charge in [0, 0.05) is 32.0 Å². The van der Waals surface area contributed by atoms with Crippen molar-refractivity contribution in [3.8, 4) is 0 Å². The Hall–Kier alpha value is -1.94. The van der Waals surface area contributed by atoms with Gasteiger partial charge < -0.3 is 9.84 Å². The monoisotopic (exact) mass is 622 g/mol. The molecule has 2 aliphatic heterocycles. The molecule has 42 heavy (non-hydrogen) atoms. The number of nitrogens with one attached hydrogen (secondary N) is 1. The summed E-state index contributed by atoms with van der Waals surface area (Å²) in [5.41, 5.74) is 3.72. The van der Waals surface area contributed by atoms with Crippen LogP contribution in [-0.4, -0.2) is 80.3 Å². The number of β-amino-alcohol motifs (C(OH)–C–C–N with tert-alkyl or cyclic N) is 1. The van der Waals surface area contributed by atoms with Crippen molar-refractivity contribution < 1.29 is 19.4 Å². The van der Waals surface area contributed by atoms with Crippen LogP contribution < -0.4 is 5.43 Å². The molecule has 2 N–H and O–H groups in total. The fourth-order valence-electron chi connectivity index (χ4n) is 6.67.